The molecule has 0 aliphatic carbocycles. The van der Waals surface area contributed by atoms with Crippen molar-refractivity contribution in [2.75, 3.05) is 25.4 Å². The van der Waals surface area contributed by atoms with E-state index in [1.165, 1.54) is 4.31 Å². The maximum Gasteiger partial charge on any atom is 0.223 e. The lowest BCUT2D eigenvalue weighted by molar-refractivity contribution is -0.125. The number of nitrogens with one attached hydrogen (secondary N) is 1. The summed E-state index contributed by atoms with van der Waals surface area (Å²) in [7, 11) is -3.14. The Hall–Kier alpha value is -1.22. The van der Waals surface area contributed by atoms with Crippen LogP contribution in [0.4, 0.5) is 0 Å². The Bertz CT molecular complexity index is 918. The van der Waals surface area contributed by atoms with Crippen LogP contribution in [-0.2, 0) is 27.7 Å². The molecule has 2 aromatic rings. The van der Waals surface area contributed by atoms with Crippen LogP contribution in [0, 0.1) is 5.92 Å². The molecule has 0 saturated carbocycles. The van der Waals surface area contributed by atoms with Crippen molar-refractivity contribution in [2.45, 2.75) is 19.3 Å². The van der Waals surface area contributed by atoms with E-state index >= 15 is 0 Å². The Kier molecular flexibility index (Phi) is 7.90. The minimum absolute atomic E-state index is 0.0619. The first-order valence-electron chi connectivity index (χ1n) is 9.59. The van der Waals surface area contributed by atoms with E-state index in [9.17, 15) is 13.2 Å². The first-order chi connectivity index (χ1) is 13.9. The van der Waals surface area contributed by atoms with Crippen molar-refractivity contribution < 1.29 is 13.2 Å². The molecule has 2 aromatic carbocycles. The molecule has 1 saturated heterocycles. The van der Waals surface area contributed by atoms with E-state index in [1.54, 1.807) is 0 Å². The van der Waals surface area contributed by atoms with E-state index < -0.39 is 10.0 Å². The second-order valence-electron chi connectivity index (χ2n) is 7.15. The number of benzene rings is 2. The molecule has 8 heteroatoms. The molecule has 0 unspecified atom stereocenters. The average molecular weight is 544 g/mol. The summed E-state index contributed by atoms with van der Waals surface area (Å²) >= 11 is 7.14. The van der Waals surface area contributed by atoms with Gasteiger partial charge in [-0.3, -0.25) is 4.79 Å². The van der Waals surface area contributed by atoms with Crippen molar-refractivity contribution >= 4 is 47.8 Å². The number of hydrogen-bond acceptors (Lipinski definition) is 3. The molecular weight excluding hydrogens is 520 g/mol. The van der Waals surface area contributed by atoms with Gasteiger partial charge in [0.2, 0.25) is 15.9 Å². The van der Waals surface area contributed by atoms with E-state index in [-0.39, 0.29) is 17.6 Å². The number of hydrogen-bond donors (Lipinski definition) is 1. The van der Waals surface area contributed by atoms with Gasteiger partial charge in [0, 0.05) is 34.5 Å². The highest BCUT2D eigenvalue weighted by molar-refractivity contribution is 9.10. The minimum atomic E-state index is -3.14. The van der Waals surface area contributed by atoms with Crippen LogP contribution in [0.5, 0.6) is 0 Å². The molecule has 0 atom stereocenters. The highest BCUT2D eigenvalue weighted by Crippen LogP contribution is 2.25. The molecule has 1 aliphatic heterocycles. The molecule has 0 aromatic heterocycles. The summed E-state index contributed by atoms with van der Waals surface area (Å²) in [6.45, 7) is 1.18. The molecule has 3 rings (SSSR count). The topological polar surface area (TPSA) is 66.5 Å². The van der Waals surface area contributed by atoms with Crippen LogP contribution in [0.2, 0.25) is 0 Å². The molecule has 0 radical (unpaired) electrons. The van der Waals surface area contributed by atoms with E-state index in [0.29, 0.717) is 38.9 Å². The Morgan fingerprint density at radius 3 is 2.03 bits per heavy atom. The maximum absolute atomic E-state index is 13.0. The zero-order valence-electron chi connectivity index (χ0n) is 16.0. The number of nitrogens with zero attached hydrogens (tertiary/aromatic N) is 1. The Balaban J connectivity index is 1.68. The normalized spacial score (nSPS) is 16.2. The van der Waals surface area contributed by atoms with Crippen LogP contribution in [0.25, 0.3) is 0 Å². The summed E-state index contributed by atoms with van der Waals surface area (Å²) in [5.74, 6) is -0.121. The predicted octanol–water partition coefficient (Wildman–Crippen LogP) is 3.76. The van der Waals surface area contributed by atoms with Crippen LogP contribution in [0.15, 0.2) is 57.5 Å². The SMILES string of the molecule is O=C(NCCN1CCCS1(=O)=O)C(Cc1ccccc1Br)Cc1ccccc1Br. The average Bonchev–Trinajstić information content (AvgIpc) is 3.02. The number of halogens is 2. The van der Waals surface area contributed by atoms with Gasteiger partial charge in [0.05, 0.1) is 5.75 Å². The number of rotatable bonds is 8. The Morgan fingerprint density at radius 1 is 1.00 bits per heavy atom. The van der Waals surface area contributed by atoms with Crippen molar-refractivity contribution in [3.05, 3.63) is 68.6 Å². The van der Waals surface area contributed by atoms with Gasteiger partial charge in [0.15, 0.2) is 0 Å². The summed E-state index contributed by atoms with van der Waals surface area (Å²) in [5.41, 5.74) is 2.14. The second kappa shape index (κ2) is 10.2. The number of amides is 1. The molecule has 0 spiro atoms. The lowest BCUT2D eigenvalue weighted by atomic mass is 9.91. The van der Waals surface area contributed by atoms with E-state index in [2.05, 4.69) is 37.2 Å². The highest BCUT2D eigenvalue weighted by atomic mass is 79.9. The molecular formula is C21H24Br2N2O3S. The van der Waals surface area contributed by atoms with Gasteiger partial charge in [-0.25, -0.2) is 12.7 Å². The zero-order chi connectivity index (χ0) is 20.9. The maximum atomic E-state index is 13.0. The first-order valence-corrected chi connectivity index (χ1v) is 12.8. The molecule has 1 fully saturated rings. The van der Waals surface area contributed by atoms with Crippen LogP contribution in [-0.4, -0.2) is 44.0 Å². The standard InChI is InChI=1S/C21H24Br2N2O3S/c22-19-8-3-1-6-16(19)14-18(15-17-7-2-4-9-20(17)23)21(26)24-10-12-25-11-5-13-29(25,27)28/h1-4,6-9,18H,5,10-15H2,(H,24,26). The number of sulfonamides is 1. The summed E-state index contributed by atoms with van der Waals surface area (Å²) < 4.78 is 27.3. The van der Waals surface area contributed by atoms with Crippen molar-refractivity contribution in [3.8, 4) is 0 Å². The quantitative estimate of drug-likeness (QED) is 0.551. The fourth-order valence-electron chi connectivity index (χ4n) is 3.51. The molecule has 156 valence electrons. The largest absolute Gasteiger partial charge is 0.355 e. The Labute approximate surface area is 189 Å². The molecule has 1 aliphatic rings. The fourth-order valence-corrected chi connectivity index (χ4v) is 5.93. The zero-order valence-corrected chi connectivity index (χ0v) is 20.0. The van der Waals surface area contributed by atoms with Gasteiger partial charge in [0.25, 0.3) is 0 Å². The molecule has 1 N–H and O–H groups in total. The van der Waals surface area contributed by atoms with E-state index in [4.69, 9.17) is 0 Å². The molecule has 0 bridgehead atoms. The monoisotopic (exact) mass is 542 g/mol. The minimum Gasteiger partial charge on any atom is -0.355 e. The van der Waals surface area contributed by atoms with E-state index in [1.807, 2.05) is 48.5 Å². The number of carbonyl (C=O) groups excluding carboxylic acids is 1. The van der Waals surface area contributed by atoms with Gasteiger partial charge >= 0.3 is 0 Å². The third-order valence-electron chi connectivity index (χ3n) is 5.08. The molecule has 5 nitrogen and oxygen atoms in total. The van der Waals surface area contributed by atoms with Crippen molar-refractivity contribution in [1.29, 1.82) is 0 Å². The summed E-state index contributed by atoms with van der Waals surface area (Å²) in [5, 5.41) is 2.95. The smallest absolute Gasteiger partial charge is 0.223 e. The molecule has 1 amide bonds. The van der Waals surface area contributed by atoms with Crippen LogP contribution in [0.1, 0.15) is 17.5 Å². The van der Waals surface area contributed by atoms with Crippen LogP contribution >= 0.6 is 31.9 Å². The Morgan fingerprint density at radius 2 is 1.55 bits per heavy atom. The third-order valence-corrected chi connectivity index (χ3v) is 8.59. The van der Waals surface area contributed by atoms with Gasteiger partial charge in [-0.15, -0.1) is 0 Å². The predicted molar refractivity (Wildman–Crippen MR) is 122 cm³/mol. The molecule has 1 heterocycles. The van der Waals surface area contributed by atoms with Gasteiger partial charge in [-0.1, -0.05) is 68.3 Å². The van der Waals surface area contributed by atoms with Crippen molar-refractivity contribution in [2.24, 2.45) is 5.92 Å². The van der Waals surface area contributed by atoms with Crippen LogP contribution in [0.3, 0.4) is 0 Å². The lowest BCUT2D eigenvalue weighted by Crippen LogP contribution is -2.39. The van der Waals surface area contributed by atoms with Crippen molar-refractivity contribution in [1.82, 2.24) is 9.62 Å². The van der Waals surface area contributed by atoms with Gasteiger partial charge in [-0.05, 0) is 42.5 Å². The van der Waals surface area contributed by atoms with Crippen LogP contribution < -0.4 is 5.32 Å². The first kappa shape index (κ1) is 22.5. The van der Waals surface area contributed by atoms with Gasteiger partial charge < -0.3 is 5.32 Å². The summed E-state index contributed by atoms with van der Waals surface area (Å²) in [6.07, 6.45) is 1.84. The van der Waals surface area contributed by atoms with Gasteiger partial charge in [0.1, 0.15) is 0 Å². The highest BCUT2D eigenvalue weighted by Gasteiger charge is 2.28. The summed E-state index contributed by atoms with van der Waals surface area (Å²) in [6, 6.07) is 15.8. The lowest BCUT2D eigenvalue weighted by Gasteiger charge is -2.20. The van der Waals surface area contributed by atoms with Crippen molar-refractivity contribution in [3.63, 3.8) is 0 Å². The molecule has 29 heavy (non-hydrogen) atoms. The third kappa shape index (κ3) is 6.13. The van der Waals surface area contributed by atoms with Gasteiger partial charge in [-0.2, -0.15) is 0 Å². The second-order valence-corrected chi connectivity index (χ2v) is 10.9. The summed E-state index contributed by atoms with van der Waals surface area (Å²) in [4.78, 5) is 13.0. The number of carbonyl (C=O) groups is 1. The fraction of sp³-hybridized carbons (Fsp3) is 0.381. The van der Waals surface area contributed by atoms with E-state index in [0.717, 1.165) is 20.1 Å².